The van der Waals surface area contributed by atoms with Gasteiger partial charge in [0, 0.05) is 17.6 Å². The van der Waals surface area contributed by atoms with E-state index in [1.54, 1.807) is 0 Å². The summed E-state index contributed by atoms with van der Waals surface area (Å²) in [4.78, 5) is 0. The highest BCUT2D eigenvalue weighted by Crippen LogP contribution is 2.15. The minimum absolute atomic E-state index is 0.182. The summed E-state index contributed by atoms with van der Waals surface area (Å²) in [6.45, 7) is 1.42. The van der Waals surface area contributed by atoms with Crippen molar-refractivity contribution in [3.8, 4) is 0 Å². The molecule has 0 aromatic heterocycles. The minimum Gasteiger partial charge on any atom is -0.396 e. The number of aliphatic hydroxyl groups is 2. The summed E-state index contributed by atoms with van der Waals surface area (Å²) in [5.74, 6) is 0. The Bertz CT molecular complexity index is 276. The van der Waals surface area contributed by atoms with Gasteiger partial charge in [0.25, 0.3) is 0 Å². The van der Waals surface area contributed by atoms with Gasteiger partial charge >= 0.3 is 0 Å². The van der Waals surface area contributed by atoms with Gasteiger partial charge in [-0.3, -0.25) is 0 Å². The van der Waals surface area contributed by atoms with Gasteiger partial charge in [0.15, 0.2) is 0 Å². The second-order valence-electron chi connectivity index (χ2n) is 3.35. The molecule has 0 aliphatic rings. The summed E-state index contributed by atoms with van der Waals surface area (Å²) in [5, 5.41) is 21.4. The fourth-order valence-corrected chi connectivity index (χ4v) is 1.51. The minimum atomic E-state index is -0.489. The van der Waals surface area contributed by atoms with E-state index in [9.17, 15) is 5.11 Å². The largest absolute Gasteiger partial charge is 0.396 e. The predicted molar refractivity (Wildman–Crippen MR) is 63.7 cm³/mol. The molecule has 15 heavy (non-hydrogen) atoms. The van der Waals surface area contributed by atoms with Crippen LogP contribution in [0.15, 0.2) is 28.7 Å². The van der Waals surface area contributed by atoms with E-state index in [0.29, 0.717) is 13.0 Å². The van der Waals surface area contributed by atoms with Crippen LogP contribution in [0.1, 0.15) is 18.1 Å². The number of halogens is 1. The number of hydrogen-bond acceptors (Lipinski definition) is 3. The standard InChI is InChI=1S/C11H16BrNO2/c12-10-4-2-9(3-5-10)11(15)8-13-6-1-7-14/h2-5,11,13-15H,1,6-8H2. The van der Waals surface area contributed by atoms with Crippen LogP contribution in [0.2, 0.25) is 0 Å². The maximum Gasteiger partial charge on any atom is 0.0914 e. The highest BCUT2D eigenvalue weighted by atomic mass is 79.9. The first kappa shape index (κ1) is 12.6. The lowest BCUT2D eigenvalue weighted by Gasteiger charge is -2.11. The summed E-state index contributed by atoms with van der Waals surface area (Å²) in [7, 11) is 0. The molecule has 0 aliphatic heterocycles. The smallest absolute Gasteiger partial charge is 0.0914 e. The molecule has 3 N–H and O–H groups in total. The molecule has 0 amide bonds. The van der Waals surface area contributed by atoms with Gasteiger partial charge in [-0.15, -0.1) is 0 Å². The van der Waals surface area contributed by atoms with Crippen molar-refractivity contribution in [1.82, 2.24) is 5.32 Å². The van der Waals surface area contributed by atoms with Crippen LogP contribution in [-0.2, 0) is 0 Å². The van der Waals surface area contributed by atoms with Crippen LogP contribution in [0.3, 0.4) is 0 Å². The van der Waals surface area contributed by atoms with Crippen molar-refractivity contribution in [2.45, 2.75) is 12.5 Å². The fourth-order valence-electron chi connectivity index (χ4n) is 1.25. The quantitative estimate of drug-likeness (QED) is 0.688. The molecule has 1 atom stereocenters. The van der Waals surface area contributed by atoms with Crippen LogP contribution in [0.25, 0.3) is 0 Å². The van der Waals surface area contributed by atoms with E-state index in [1.807, 2.05) is 24.3 Å². The van der Waals surface area contributed by atoms with Gasteiger partial charge in [-0.1, -0.05) is 28.1 Å². The van der Waals surface area contributed by atoms with Gasteiger partial charge < -0.3 is 15.5 Å². The fraction of sp³-hybridized carbons (Fsp3) is 0.455. The SMILES string of the molecule is OCCCNCC(O)c1ccc(Br)cc1. The molecule has 0 aliphatic carbocycles. The lowest BCUT2D eigenvalue weighted by atomic mass is 10.1. The monoisotopic (exact) mass is 273 g/mol. The van der Waals surface area contributed by atoms with Gasteiger partial charge in [0.2, 0.25) is 0 Å². The highest BCUT2D eigenvalue weighted by Gasteiger charge is 2.05. The number of hydrogen-bond donors (Lipinski definition) is 3. The van der Waals surface area contributed by atoms with E-state index in [-0.39, 0.29) is 6.61 Å². The Labute approximate surface area is 98.3 Å². The molecular weight excluding hydrogens is 258 g/mol. The Kier molecular flexibility index (Phi) is 5.86. The molecule has 0 radical (unpaired) electrons. The third-order valence-corrected chi connectivity index (χ3v) is 2.63. The number of rotatable bonds is 6. The number of nitrogens with one attached hydrogen (secondary N) is 1. The molecular formula is C11H16BrNO2. The third-order valence-electron chi connectivity index (χ3n) is 2.10. The second-order valence-corrected chi connectivity index (χ2v) is 4.26. The van der Waals surface area contributed by atoms with Crippen molar-refractivity contribution in [1.29, 1.82) is 0 Å². The Morgan fingerprint density at radius 3 is 2.53 bits per heavy atom. The molecule has 4 heteroatoms. The van der Waals surface area contributed by atoms with Crippen LogP contribution < -0.4 is 5.32 Å². The molecule has 1 aromatic carbocycles. The van der Waals surface area contributed by atoms with Crippen LogP contribution in [0, 0.1) is 0 Å². The van der Waals surface area contributed by atoms with Crippen LogP contribution in [0.4, 0.5) is 0 Å². The zero-order chi connectivity index (χ0) is 11.1. The van der Waals surface area contributed by atoms with E-state index in [0.717, 1.165) is 16.6 Å². The molecule has 1 aromatic rings. The highest BCUT2D eigenvalue weighted by molar-refractivity contribution is 9.10. The van der Waals surface area contributed by atoms with Crippen molar-refractivity contribution < 1.29 is 10.2 Å². The average molecular weight is 274 g/mol. The van der Waals surface area contributed by atoms with E-state index in [2.05, 4.69) is 21.2 Å². The topological polar surface area (TPSA) is 52.5 Å². The molecule has 3 nitrogen and oxygen atoms in total. The molecule has 1 unspecified atom stereocenters. The van der Waals surface area contributed by atoms with Gasteiger partial charge in [-0.25, -0.2) is 0 Å². The van der Waals surface area contributed by atoms with E-state index < -0.39 is 6.10 Å². The predicted octanol–water partition coefficient (Wildman–Crippen LogP) is 1.45. The third kappa shape index (κ3) is 4.75. The molecule has 1 rings (SSSR count). The maximum absolute atomic E-state index is 9.77. The molecule has 0 spiro atoms. The lowest BCUT2D eigenvalue weighted by Crippen LogP contribution is -2.23. The van der Waals surface area contributed by atoms with Crippen molar-refractivity contribution in [2.24, 2.45) is 0 Å². The van der Waals surface area contributed by atoms with Crippen LogP contribution in [-0.4, -0.2) is 29.9 Å². The van der Waals surface area contributed by atoms with Crippen molar-refractivity contribution >= 4 is 15.9 Å². The molecule has 0 bridgehead atoms. The zero-order valence-electron chi connectivity index (χ0n) is 8.49. The summed E-state index contributed by atoms with van der Waals surface area (Å²) in [5.41, 5.74) is 0.898. The van der Waals surface area contributed by atoms with E-state index >= 15 is 0 Å². The first-order chi connectivity index (χ1) is 7.24. The van der Waals surface area contributed by atoms with Crippen molar-refractivity contribution in [2.75, 3.05) is 19.7 Å². The lowest BCUT2D eigenvalue weighted by molar-refractivity contribution is 0.173. The van der Waals surface area contributed by atoms with Gasteiger partial charge in [-0.05, 0) is 30.7 Å². The van der Waals surface area contributed by atoms with Gasteiger partial charge in [0.1, 0.15) is 0 Å². The number of benzene rings is 1. The van der Waals surface area contributed by atoms with E-state index in [1.165, 1.54) is 0 Å². The van der Waals surface area contributed by atoms with E-state index in [4.69, 9.17) is 5.11 Å². The van der Waals surface area contributed by atoms with Crippen molar-refractivity contribution in [3.63, 3.8) is 0 Å². The summed E-state index contributed by atoms with van der Waals surface area (Å²) >= 11 is 3.34. The van der Waals surface area contributed by atoms with Gasteiger partial charge in [-0.2, -0.15) is 0 Å². The first-order valence-corrected chi connectivity index (χ1v) is 5.78. The number of aliphatic hydroxyl groups excluding tert-OH is 2. The molecule has 0 fully saturated rings. The van der Waals surface area contributed by atoms with Crippen LogP contribution >= 0.6 is 15.9 Å². The van der Waals surface area contributed by atoms with Crippen LogP contribution in [0.5, 0.6) is 0 Å². The van der Waals surface area contributed by atoms with Gasteiger partial charge in [0.05, 0.1) is 6.10 Å². The Hall–Kier alpha value is -0.420. The normalized spacial score (nSPS) is 12.7. The maximum atomic E-state index is 9.77. The Morgan fingerprint density at radius 1 is 1.27 bits per heavy atom. The Balaban J connectivity index is 2.33. The molecule has 0 heterocycles. The zero-order valence-corrected chi connectivity index (χ0v) is 10.1. The molecule has 84 valence electrons. The first-order valence-electron chi connectivity index (χ1n) is 4.99. The Morgan fingerprint density at radius 2 is 1.93 bits per heavy atom. The summed E-state index contributed by atoms with van der Waals surface area (Å²) in [6.07, 6.45) is 0.226. The second kappa shape index (κ2) is 6.95. The summed E-state index contributed by atoms with van der Waals surface area (Å²) in [6, 6.07) is 7.60. The molecule has 0 saturated carbocycles. The summed E-state index contributed by atoms with van der Waals surface area (Å²) < 4.78 is 1.01. The molecule has 0 saturated heterocycles. The van der Waals surface area contributed by atoms with Crippen molar-refractivity contribution in [3.05, 3.63) is 34.3 Å². The average Bonchev–Trinajstić information content (AvgIpc) is 2.25.